The molecule has 6 heteroatoms. The van der Waals surface area contributed by atoms with Crippen LogP contribution in [0.5, 0.6) is 0 Å². The van der Waals surface area contributed by atoms with Crippen molar-refractivity contribution in [2.75, 3.05) is 5.32 Å². The molecule has 0 saturated heterocycles. The minimum absolute atomic E-state index is 0.556. The average Bonchev–Trinajstić information content (AvgIpc) is 3.06. The first-order chi connectivity index (χ1) is 13.1. The molecule has 2 aromatic carbocycles. The zero-order valence-electron chi connectivity index (χ0n) is 15.0. The van der Waals surface area contributed by atoms with E-state index in [2.05, 4.69) is 20.4 Å². The molecular weight excluding hydrogens is 358 g/mol. The van der Waals surface area contributed by atoms with Crippen LogP contribution >= 0.6 is 11.6 Å². The van der Waals surface area contributed by atoms with E-state index in [1.54, 1.807) is 6.20 Å². The molecule has 27 heavy (non-hydrogen) atoms. The minimum Gasteiger partial charge on any atom is -0.324 e. The minimum atomic E-state index is 0.556. The van der Waals surface area contributed by atoms with Crippen LogP contribution in [0, 0.1) is 13.8 Å². The van der Waals surface area contributed by atoms with Gasteiger partial charge in [-0.05, 0) is 55.8 Å². The van der Waals surface area contributed by atoms with Crippen molar-refractivity contribution in [3.8, 4) is 16.9 Å². The highest BCUT2D eigenvalue weighted by atomic mass is 35.5. The highest BCUT2D eigenvalue weighted by Gasteiger charge is 2.11. The van der Waals surface area contributed by atoms with Crippen molar-refractivity contribution in [3.05, 3.63) is 83.3 Å². The molecule has 0 amide bonds. The molecule has 2 heterocycles. The largest absolute Gasteiger partial charge is 0.324 e. The number of aromatic nitrogens is 4. The molecule has 0 radical (unpaired) electrons. The van der Waals surface area contributed by atoms with E-state index in [0.717, 1.165) is 33.9 Å². The highest BCUT2D eigenvalue weighted by Crippen LogP contribution is 2.25. The van der Waals surface area contributed by atoms with Crippen LogP contribution in [0.3, 0.4) is 0 Å². The number of benzene rings is 2. The van der Waals surface area contributed by atoms with Gasteiger partial charge in [0.25, 0.3) is 0 Å². The second-order valence-corrected chi connectivity index (χ2v) is 6.69. The van der Waals surface area contributed by atoms with Gasteiger partial charge in [-0.2, -0.15) is 5.10 Å². The molecule has 4 rings (SSSR count). The van der Waals surface area contributed by atoms with Crippen LogP contribution in [0.4, 0.5) is 11.6 Å². The van der Waals surface area contributed by atoms with Gasteiger partial charge < -0.3 is 5.32 Å². The molecule has 0 aliphatic rings. The molecule has 0 saturated carbocycles. The molecule has 5 nitrogen and oxygen atoms in total. The third kappa shape index (κ3) is 3.68. The summed E-state index contributed by atoms with van der Waals surface area (Å²) in [7, 11) is 0. The summed E-state index contributed by atoms with van der Waals surface area (Å²) in [6, 6.07) is 17.5. The van der Waals surface area contributed by atoms with E-state index in [1.165, 1.54) is 0 Å². The molecule has 0 atom stereocenters. The Balaban J connectivity index is 1.66. The first kappa shape index (κ1) is 17.2. The SMILES string of the molecule is Cc1ccccc1Nc1nccc(-c2cn(-c3ccc(Cl)cc3)nc2C)n1. The lowest BCUT2D eigenvalue weighted by Gasteiger charge is -2.08. The number of nitrogens with zero attached hydrogens (tertiary/aromatic N) is 4. The molecule has 134 valence electrons. The van der Waals surface area contributed by atoms with Crippen LogP contribution in [0.25, 0.3) is 16.9 Å². The van der Waals surface area contributed by atoms with E-state index in [9.17, 15) is 0 Å². The van der Waals surface area contributed by atoms with E-state index in [1.807, 2.05) is 79.3 Å². The topological polar surface area (TPSA) is 55.6 Å². The van der Waals surface area contributed by atoms with Crippen LogP contribution in [0.2, 0.25) is 5.02 Å². The normalized spacial score (nSPS) is 10.8. The number of rotatable bonds is 4. The number of para-hydroxylation sites is 1. The first-order valence-corrected chi connectivity index (χ1v) is 8.96. The molecule has 0 unspecified atom stereocenters. The highest BCUT2D eigenvalue weighted by molar-refractivity contribution is 6.30. The second kappa shape index (κ2) is 7.21. The summed E-state index contributed by atoms with van der Waals surface area (Å²) < 4.78 is 1.83. The number of halogens is 1. The van der Waals surface area contributed by atoms with E-state index < -0.39 is 0 Å². The van der Waals surface area contributed by atoms with Crippen LogP contribution in [-0.4, -0.2) is 19.7 Å². The third-order valence-electron chi connectivity index (χ3n) is 4.31. The fourth-order valence-corrected chi connectivity index (χ4v) is 2.97. The zero-order chi connectivity index (χ0) is 18.8. The van der Waals surface area contributed by atoms with Gasteiger partial charge in [-0.3, -0.25) is 0 Å². The number of nitrogens with one attached hydrogen (secondary N) is 1. The Kier molecular flexibility index (Phi) is 4.60. The summed E-state index contributed by atoms with van der Waals surface area (Å²) in [6.45, 7) is 4.02. The molecule has 0 spiro atoms. The predicted octanol–water partition coefficient (Wildman–Crippen LogP) is 5.34. The van der Waals surface area contributed by atoms with Crippen LogP contribution < -0.4 is 5.32 Å². The molecule has 0 aliphatic heterocycles. The summed E-state index contributed by atoms with van der Waals surface area (Å²) in [4.78, 5) is 9.01. The van der Waals surface area contributed by atoms with E-state index in [4.69, 9.17) is 11.6 Å². The second-order valence-electron chi connectivity index (χ2n) is 6.25. The molecule has 4 aromatic rings. The zero-order valence-corrected chi connectivity index (χ0v) is 15.8. The average molecular weight is 376 g/mol. The standard InChI is InChI=1S/C21H18ClN5/c1-14-5-3-4-6-19(14)24-21-23-12-11-20(25-21)18-13-27(26-15(18)2)17-9-7-16(22)8-10-17/h3-13H,1-2H3,(H,23,24,25). The van der Waals surface area contributed by atoms with Gasteiger partial charge >= 0.3 is 0 Å². The molecule has 0 fully saturated rings. The first-order valence-electron chi connectivity index (χ1n) is 8.58. The van der Waals surface area contributed by atoms with Gasteiger partial charge in [-0.1, -0.05) is 29.8 Å². The van der Waals surface area contributed by atoms with Gasteiger partial charge in [-0.15, -0.1) is 0 Å². The fraction of sp³-hybridized carbons (Fsp3) is 0.0952. The van der Waals surface area contributed by atoms with Gasteiger partial charge in [-0.25, -0.2) is 14.6 Å². The van der Waals surface area contributed by atoms with Crippen molar-refractivity contribution in [3.63, 3.8) is 0 Å². The van der Waals surface area contributed by atoms with Crippen LogP contribution in [0.15, 0.2) is 67.0 Å². The van der Waals surface area contributed by atoms with E-state index in [0.29, 0.717) is 11.0 Å². The number of hydrogen-bond acceptors (Lipinski definition) is 4. The fourth-order valence-electron chi connectivity index (χ4n) is 2.84. The molecule has 1 N–H and O–H groups in total. The van der Waals surface area contributed by atoms with Gasteiger partial charge in [0.1, 0.15) is 0 Å². The van der Waals surface area contributed by atoms with E-state index >= 15 is 0 Å². The van der Waals surface area contributed by atoms with Crippen molar-refractivity contribution in [2.24, 2.45) is 0 Å². The maximum Gasteiger partial charge on any atom is 0.227 e. The van der Waals surface area contributed by atoms with Crippen molar-refractivity contribution in [1.29, 1.82) is 0 Å². The number of aryl methyl sites for hydroxylation is 2. The van der Waals surface area contributed by atoms with Gasteiger partial charge in [0.15, 0.2) is 0 Å². The van der Waals surface area contributed by atoms with E-state index in [-0.39, 0.29) is 0 Å². The van der Waals surface area contributed by atoms with Gasteiger partial charge in [0.2, 0.25) is 5.95 Å². The van der Waals surface area contributed by atoms with Crippen molar-refractivity contribution in [1.82, 2.24) is 19.7 Å². The Morgan fingerprint density at radius 2 is 1.74 bits per heavy atom. The quantitative estimate of drug-likeness (QED) is 0.522. The summed E-state index contributed by atoms with van der Waals surface area (Å²) in [5.41, 5.74) is 5.74. The lowest BCUT2D eigenvalue weighted by molar-refractivity contribution is 0.863. The maximum absolute atomic E-state index is 5.97. The van der Waals surface area contributed by atoms with Crippen molar-refractivity contribution in [2.45, 2.75) is 13.8 Å². The number of anilines is 2. The van der Waals surface area contributed by atoms with Gasteiger partial charge in [0, 0.05) is 28.7 Å². The van der Waals surface area contributed by atoms with Crippen molar-refractivity contribution < 1.29 is 0 Å². The Hall–Kier alpha value is -3.18. The lowest BCUT2D eigenvalue weighted by atomic mass is 10.2. The Labute approximate surface area is 162 Å². The summed E-state index contributed by atoms with van der Waals surface area (Å²) in [6.07, 6.45) is 3.72. The molecular formula is C21H18ClN5. The van der Waals surface area contributed by atoms with Crippen LogP contribution in [-0.2, 0) is 0 Å². The Morgan fingerprint density at radius 3 is 2.52 bits per heavy atom. The number of hydrogen-bond donors (Lipinski definition) is 1. The molecule has 0 bridgehead atoms. The third-order valence-corrected chi connectivity index (χ3v) is 4.57. The molecule has 2 aromatic heterocycles. The predicted molar refractivity (Wildman–Crippen MR) is 109 cm³/mol. The summed E-state index contributed by atoms with van der Waals surface area (Å²) in [5.74, 6) is 0.556. The smallest absolute Gasteiger partial charge is 0.227 e. The maximum atomic E-state index is 5.97. The summed E-state index contributed by atoms with van der Waals surface area (Å²) in [5, 5.41) is 8.59. The summed E-state index contributed by atoms with van der Waals surface area (Å²) >= 11 is 5.97. The Bertz CT molecular complexity index is 1090. The van der Waals surface area contributed by atoms with Gasteiger partial charge in [0.05, 0.1) is 17.1 Å². The van der Waals surface area contributed by atoms with Crippen LogP contribution in [0.1, 0.15) is 11.3 Å². The Morgan fingerprint density at radius 1 is 0.963 bits per heavy atom. The molecule has 0 aliphatic carbocycles. The monoisotopic (exact) mass is 375 g/mol. The van der Waals surface area contributed by atoms with Crippen molar-refractivity contribution >= 4 is 23.2 Å². The lowest BCUT2D eigenvalue weighted by Crippen LogP contribution is -1.99.